The Balaban J connectivity index is 2.22. The van der Waals surface area contributed by atoms with Crippen LogP contribution in [0.1, 0.15) is 60.9 Å². The van der Waals surface area contributed by atoms with E-state index in [-0.39, 0.29) is 0 Å². The highest BCUT2D eigenvalue weighted by Crippen LogP contribution is 2.33. The molecular formula is C19H32N2. The van der Waals surface area contributed by atoms with Crippen LogP contribution in [0.3, 0.4) is 0 Å². The summed E-state index contributed by atoms with van der Waals surface area (Å²) in [5, 5.41) is 3.32. The third-order valence-corrected chi connectivity index (χ3v) is 5.05. The molecule has 1 saturated heterocycles. The van der Waals surface area contributed by atoms with Crippen molar-refractivity contribution < 1.29 is 0 Å². The number of hydrogen-bond donors (Lipinski definition) is 1. The number of nitrogens with one attached hydrogen (secondary N) is 1. The molecule has 1 heterocycles. The van der Waals surface area contributed by atoms with Crippen LogP contribution in [0.5, 0.6) is 0 Å². The van der Waals surface area contributed by atoms with Crippen molar-refractivity contribution in [3.05, 3.63) is 34.4 Å². The Hall–Kier alpha value is -0.860. The second-order valence-electron chi connectivity index (χ2n) is 6.77. The van der Waals surface area contributed by atoms with E-state index in [1.807, 2.05) is 0 Å². The van der Waals surface area contributed by atoms with E-state index in [0.29, 0.717) is 6.04 Å². The molecule has 118 valence electrons. The van der Waals surface area contributed by atoms with Gasteiger partial charge in [0.25, 0.3) is 0 Å². The van der Waals surface area contributed by atoms with Crippen LogP contribution < -0.4 is 5.32 Å². The maximum absolute atomic E-state index is 3.32. The Morgan fingerprint density at radius 1 is 1.19 bits per heavy atom. The smallest absolute Gasteiger partial charge is 0.0328 e. The molecule has 1 N–H and O–H groups in total. The molecule has 2 nitrogen and oxygen atoms in total. The summed E-state index contributed by atoms with van der Waals surface area (Å²) in [7, 11) is 2.06. The fourth-order valence-corrected chi connectivity index (χ4v) is 4.17. The zero-order valence-corrected chi connectivity index (χ0v) is 14.5. The van der Waals surface area contributed by atoms with Gasteiger partial charge in [-0.2, -0.15) is 0 Å². The van der Waals surface area contributed by atoms with Crippen LogP contribution in [0.15, 0.2) is 12.1 Å². The quantitative estimate of drug-likeness (QED) is 0.876. The van der Waals surface area contributed by atoms with Crippen molar-refractivity contribution in [1.82, 2.24) is 10.2 Å². The predicted molar refractivity (Wildman–Crippen MR) is 92.0 cm³/mol. The number of likely N-dealkylation sites (tertiary alicyclic amines) is 1. The van der Waals surface area contributed by atoms with Gasteiger partial charge in [-0.05, 0) is 83.8 Å². The molecule has 1 aliphatic rings. The van der Waals surface area contributed by atoms with Crippen molar-refractivity contribution in [2.75, 3.05) is 20.1 Å². The van der Waals surface area contributed by atoms with Crippen LogP contribution in [-0.4, -0.2) is 31.1 Å². The molecular weight excluding hydrogens is 256 g/mol. The molecule has 0 spiro atoms. The lowest BCUT2D eigenvalue weighted by Crippen LogP contribution is -2.42. The first kappa shape index (κ1) is 16.5. The van der Waals surface area contributed by atoms with Crippen molar-refractivity contribution in [2.45, 2.75) is 65.5 Å². The van der Waals surface area contributed by atoms with Gasteiger partial charge >= 0.3 is 0 Å². The molecule has 2 rings (SSSR count). The minimum absolute atomic E-state index is 0.535. The Morgan fingerprint density at radius 3 is 2.48 bits per heavy atom. The molecule has 0 amide bonds. The van der Waals surface area contributed by atoms with Gasteiger partial charge in [-0.1, -0.05) is 24.1 Å². The largest absolute Gasteiger partial charge is 0.320 e. The molecule has 0 aromatic heterocycles. The lowest BCUT2D eigenvalue weighted by atomic mass is 9.90. The summed E-state index contributed by atoms with van der Waals surface area (Å²) in [4.78, 5) is 2.76. The monoisotopic (exact) mass is 288 g/mol. The highest BCUT2D eigenvalue weighted by molar-refractivity contribution is 5.39. The van der Waals surface area contributed by atoms with E-state index in [9.17, 15) is 0 Å². The molecule has 0 radical (unpaired) electrons. The molecule has 1 aliphatic heterocycles. The molecule has 0 aliphatic carbocycles. The molecule has 1 aromatic rings. The lowest BCUT2D eigenvalue weighted by molar-refractivity contribution is 0.0966. The number of nitrogens with zero attached hydrogens (tertiary/aromatic N) is 1. The predicted octanol–water partition coefficient (Wildman–Crippen LogP) is 4.14. The zero-order valence-electron chi connectivity index (χ0n) is 14.5. The van der Waals surface area contributed by atoms with Crippen molar-refractivity contribution in [3.63, 3.8) is 0 Å². The van der Waals surface area contributed by atoms with E-state index in [4.69, 9.17) is 0 Å². The van der Waals surface area contributed by atoms with Crippen LogP contribution in [-0.2, 0) is 0 Å². The van der Waals surface area contributed by atoms with E-state index < -0.39 is 0 Å². The number of rotatable bonds is 5. The maximum Gasteiger partial charge on any atom is 0.0328 e. The van der Waals surface area contributed by atoms with Gasteiger partial charge in [-0.3, -0.25) is 4.90 Å². The molecule has 2 unspecified atom stereocenters. The molecule has 21 heavy (non-hydrogen) atoms. The van der Waals surface area contributed by atoms with Gasteiger partial charge < -0.3 is 5.32 Å². The first-order valence-electron chi connectivity index (χ1n) is 8.52. The van der Waals surface area contributed by atoms with E-state index >= 15 is 0 Å². The Kier molecular flexibility index (Phi) is 5.83. The highest BCUT2D eigenvalue weighted by Gasteiger charge is 2.28. The van der Waals surface area contributed by atoms with Crippen LogP contribution in [0.25, 0.3) is 0 Å². The number of hydrogen-bond acceptors (Lipinski definition) is 2. The average molecular weight is 288 g/mol. The van der Waals surface area contributed by atoms with Gasteiger partial charge in [0.2, 0.25) is 0 Å². The first-order valence-corrected chi connectivity index (χ1v) is 8.52. The lowest BCUT2D eigenvalue weighted by Gasteiger charge is -2.41. The van der Waals surface area contributed by atoms with Crippen LogP contribution in [0.4, 0.5) is 0 Å². The first-order chi connectivity index (χ1) is 10.0. The summed E-state index contributed by atoms with van der Waals surface area (Å²) >= 11 is 0. The third kappa shape index (κ3) is 3.87. The van der Waals surface area contributed by atoms with E-state index in [1.54, 1.807) is 5.56 Å². The van der Waals surface area contributed by atoms with E-state index in [1.165, 1.54) is 48.9 Å². The summed E-state index contributed by atoms with van der Waals surface area (Å²) in [6.07, 6.45) is 5.37. The van der Waals surface area contributed by atoms with Crippen LogP contribution >= 0.6 is 0 Å². The van der Waals surface area contributed by atoms with Crippen molar-refractivity contribution in [3.8, 4) is 0 Å². The van der Waals surface area contributed by atoms with Crippen LogP contribution in [0, 0.1) is 20.8 Å². The minimum Gasteiger partial charge on any atom is -0.320 e. The summed E-state index contributed by atoms with van der Waals surface area (Å²) in [6, 6.07) is 5.95. The molecule has 1 aromatic carbocycles. The Bertz CT molecular complexity index is 444. The van der Waals surface area contributed by atoms with Crippen molar-refractivity contribution in [1.29, 1.82) is 0 Å². The minimum atomic E-state index is 0.535. The van der Waals surface area contributed by atoms with Gasteiger partial charge in [-0.25, -0.2) is 0 Å². The summed E-state index contributed by atoms with van der Waals surface area (Å²) in [5.41, 5.74) is 5.85. The fourth-order valence-electron chi connectivity index (χ4n) is 4.17. The van der Waals surface area contributed by atoms with Crippen molar-refractivity contribution >= 4 is 0 Å². The number of aryl methyl sites for hydroxylation is 3. The van der Waals surface area contributed by atoms with E-state index in [2.05, 4.69) is 57.1 Å². The Labute approximate surface area is 130 Å². The topological polar surface area (TPSA) is 15.3 Å². The second-order valence-corrected chi connectivity index (χ2v) is 6.77. The standard InChI is InChI=1S/C19H32N2/c1-14-12-15(2)19(16(3)13-14)17(4)21-11-7-6-8-18(21)9-10-20-5/h12-13,17-18,20H,6-11H2,1-5H3. The fraction of sp³-hybridized carbons (Fsp3) is 0.684. The normalized spacial score (nSPS) is 21.5. The van der Waals surface area contributed by atoms with Gasteiger partial charge in [0.15, 0.2) is 0 Å². The molecule has 0 bridgehead atoms. The molecule has 2 atom stereocenters. The molecule has 2 heteroatoms. The highest BCUT2D eigenvalue weighted by atomic mass is 15.2. The maximum atomic E-state index is 3.32. The van der Waals surface area contributed by atoms with Gasteiger partial charge in [0.05, 0.1) is 0 Å². The van der Waals surface area contributed by atoms with E-state index in [0.717, 1.165) is 12.6 Å². The average Bonchev–Trinajstić information content (AvgIpc) is 2.44. The van der Waals surface area contributed by atoms with Gasteiger partial charge in [0, 0.05) is 12.1 Å². The van der Waals surface area contributed by atoms with Gasteiger partial charge in [0.1, 0.15) is 0 Å². The SMILES string of the molecule is CNCCC1CCCCN1C(C)c1c(C)cc(C)cc1C. The Morgan fingerprint density at radius 2 is 1.86 bits per heavy atom. The number of benzene rings is 1. The van der Waals surface area contributed by atoms with Crippen LogP contribution in [0.2, 0.25) is 0 Å². The number of piperidine rings is 1. The third-order valence-electron chi connectivity index (χ3n) is 5.05. The molecule has 0 saturated carbocycles. The molecule has 1 fully saturated rings. The van der Waals surface area contributed by atoms with Gasteiger partial charge in [-0.15, -0.1) is 0 Å². The summed E-state index contributed by atoms with van der Waals surface area (Å²) in [6.45, 7) is 11.5. The summed E-state index contributed by atoms with van der Waals surface area (Å²) < 4.78 is 0. The second kappa shape index (κ2) is 7.42. The van der Waals surface area contributed by atoms with Crippen molar-refractivity contribution in [2.24, 2.45) is 0 Å². The summed E-state index contributed by atoms with van der Waals surface area (Å²) in [5.74, 6) is 0. The zero-order chi connectivity index (χ0) is 15.4.